The van der Waals surface area contributed by atoms with Crippen molar-refractivity contribution in [3.05, 3.63) is 65.0 Å². The molecular weight excluding hydrogens is 257 g/mol. The van der Waals surface area contributed by atoms with Crippen LogP contribution in [0.4, 0.5) is 4.39 Å². The predicted octanol–water partition coefficient (Wildman–Crippen LogP) is 3.33. The van der Waals surface area contributed by atoms with Crippen LogP contribution in [0.25, 0.3) is 0 Å². The number of hydrogen-bond acceptors (Lipinski definition) is 3. The maximum atomic E-state index is 13.2. The first-order chi connectivity index (χ1) is 9.61. The molecule has 2 aromatic rings. The number of aliphatic hydroxyl groups is 1. The van der Waals surface area contributed by atoms with Crippen LogP contribution in [0.15, 0.2) is 42.5 Å². The fourth-order valence-electron chi connectivity index (χ4n) is 1.90. The molecule has 102 valence electrons. The summed E-state index contributed by atoms with van der Waals surface area (Å²) in [5, 5.41) is 18.6. The van der Waals surface area contributed by atoms with Crippen LogP contribution >= 0.6 is 0 Å². The second-order valence-electron chi connectivity index (χ2n) is 4.42. The van der Waals surface area contributed by atoms with Gasteiger partial charge in [0.05, 0.1) is 17.7 Å². The highest BCUT2D eigenvalue weighted by Crippen LogP contribution is 2.25. The van der Waals surface area contributed by atoms with Crippen molar-refractivity contribution < 1.29 is 14.2 Å². The molecule has 0 bridgehead atoms. The SMILES string of the molecule is C[C@H](O)c1ccccc1OCc1cc(F)ccc1C#N. The van der Waals surface area contributed by atoms with Gasteiger partial charge in [-0.3, -0.25) is 0 Å². The van der Waals surface area contributed by atoms with Gasteiger partial charge in [-0.25, -0.2) is 4.39 Å². The van der Waals surface area contributed by atoms with Gasteiger partial charge in [-0.05, 0) is 31.2 Å². The number of nitriles is 1. The lowest BCUT2D eigenvalue weighted by molar-refractivity contribution is 0.190. The molecule has 0 aliphatic heterocycles. The van der Waals surface area contributed by atoms with Crippen LogP contribution in [-0.2, 0) is 6.61 Å². The second kappa shape index (κ2) is 6.18. The van der Waals surface area contributed by atoms with E-state index in [1.54, 1.807) is 31.2 Å². The highest BCUT2D eigenvalue weighted by atomic mass is 19.1. The van der Waals surface area contributed by atoms with Crippen LogP contribution in [0, 0.1) is 17.1 Å². The normalized spacial score (nSPS) is 11.7. The number of hydrogen-bond donors (Lipinski definition) is 1. The summed E-state index contributed by atoms with van der Waals surface area (Å²) in [5.74, 6) is 0.113. The van der Waals surface area contributed by atoms with Crippen LogP contribution in [0.1, 0.15) is 29.7 Å². The zero-order chi connectivity index (χ0) is 14.5. The van der Waals surface area contributed by atoms with E-state index in [0.717, 1.165) is 0 Å². The van der Waals surface area contributed by atoms with Crippen LogP contribution in [0.2, 0.25) is 0 Å². The van der Waals surface area contributed by atoms with E-state index in [2.05, 4.69) is 0 Å². The molecule has 0 aromatic heterocycles. The van der Waals surface area contributed by atoms with Gasteiger partial charge in [-0.15, -0.1) is 0 Å². The molecule has 1 N–H and O–H groups in total. The Balaban J connectivity index is 2.22. The van der Waals surface area contributed by atoms with Crippen LogP contribution < -0.4 is 4.74 Å². The van der Waals surface area contributed by atoms with Crippen molar-refractivity contribution in [3.63, 3.8) is 0 Å². The maximum absolute atomic E-state index is 13.2. The van der Waals surface area contributed by atoms with Crippen molar-refractivity contribution in [2.75, 3.05) is 0 Å². The highest BCUT2D eigenvalue weighted by molar-refractivity contribution is 5.39. The summed E-state index contributed by atoms with van der Waals surface area (Å²) < 4.78 is 18.8. The summed E-state index contributed by atoms with van der Waals surface area (Å²) in [5.41, 5.74) is 1.51. The quantitative estimate of drug-likeness (QED) is 0.928. The van der Waals surface area contributed by atoms with Crippen molar-refractivity contribution in [3.8, 4) is 11.8 Å². The predicted molar refractivity (Wildman–Crippen MR) is 72.5 cm³/mol. The van der Waals surface area contributed by atoms with Gasteiger partial charge in [0.25, 0.3) is 0 Å². The number of nitrogens with zero attached hydrogens (tertiary/aromatic N) is 1. The molecule has 0 amide bonds. The summed E-state index contributed by atoms with van der Waals surface area (Å²) in [6.45, 7) is 1.72. The first-order valence-electron chi connectivity index (χ1n) is 6.20. The number of para-hydroxylation sites is 1. The lowest BCUT2D eigenvalue weighted by Crippen LogP contribution is -2.02. The molecule has 0 aliphatic carbocycles. The van der Waals surface area contributed by atoms with Crippen molar-refractivity contribution in [1.82, 2.24) is 0 Å². The van der Waals surface area contributed by atoms with E-state index in [-0.39, 0.29) is 6.61 Å². The summed E-state index contributed by atoms with van der Waals surface area (Å²) >= 11 is 0. The number of halogens is 1. The Morgan fingerprint density at radius 3 is 2.75 bits per heavy atom. The molecule has 0 radical (unpaired) electrons. The first-order valence-corrected chi connectivity index (χ1v) is 6.20. The molecule has 1 atom stereocenters. The van der Waals surface area contributed by atoms with Crippen LogP contribution in [0.5, 0.6) is 5.75 Å². The topological polar surface area (TPSA) is 53.2 Å². The molecule has 3 nitrogen and oxygen atoms in total. The fraction of sp³-hybridized carbons (Fsp3) is 0.188. The van der Waals surface area contributed by atoms with E-state index in [9.17, 15) is 9.50 Å². The van der Waals surface area contributed by atoms with Gasteiger partial charge < -0.3 is 9.84 Å². The summed E-state index contributed by atoms with van der Waals surface area (Å²) in [7, 11) is 0. The molecule has 0 heterocycles. The van der Waals surface area contributed by atoms with Gasteiger partial charge in [-0.1, -0.05) is 18.2 Å². The van der Waals surface area contributed by atoms with Gasteiger partial charge in [0, 0.05) is 11.1 Å². The molecule has 0 fully saturated rings. The Morgan fingerprint density at radius 1 is 1.30 bits per heavy atom. The zero-order valence-electron chi connectivity index (χ0n) is 11.0. The zero-order valence-corrected chi connectivity index (χ0v) is 11.0. The van der Waals surface area contributed by atoms with Crippen molar-refractivity contribution in [1.29, 1.82) is 5.26 Å². The van der Waals surface area contributed by atoms with Gasteiger partial charge >= 0.3 is 0 Å². The molecule has 2 aromatic carbocycles. The number of ether oxygens (including phenoxy) is 1. The molecule has 2 rings (SSSR count). The van der Waals surface area contributed by atoms with Crippen LogP contribution in [-0.4, -0.2) is 5.11 Å². The third-order valence-corrected chi connectivity index (χ3v) is 2.94. The Kier molecular flexibility index (Phi) is 4.34. The summed E-state index contributed by atoms with van der Waals surface area (Å²) in [4.78, 5) is 0. The molecule has 0 saturated carbocycles. The monoisotopic (exact) mass is 271 g/mol. The standard InChI is InChI=1S/C16H14FNO2/c1-11(19)15-4-2-3-5-16(15)20-10-13-8-14(17)7-6-12(13)9-18/h2-8,11,19H,10H2,1H3/t11-/m0/s1. The Labute approximate surface area is 116 Å². The van der Waals surface area contributed by atoms with Crippen molar-refractivity contribution in [2.45, 2.75) is 19.6 Å². The van der Waals surface area contributed by atoms with E-state index in [1.807, 2.05) is 6.07 Å². The summed E-state index contributed by atoms with van der Waals surface area (Å²) in [6, 6.07) is 13.0. The van der Waals surface area contributed by atoms with Gasteiger partial charge in [-0.2, -0.15) is 5.26 Å². The molecule has 4 heteroatoms. The highest BCUT2D eigenvalue weighted by Gasteiger charge is 2.10. The molecular formula is C16H14FNO2. The number of benzene rings is 2. The van der Waals surface area contributed by atoms with Crippen molar-refractivity contribution in [2.24, 2.45) is 0 Å². The third kappa shape index (κ3) is 3.14. The van der Waals surface area contributed by atoms with E-state index in [4.69, 9.17) is 10.00 Å². The Hall–Kier alpha value is -2.38. The van der Waals surface area contributed by atoms with E-state index >= 15 is 0 Å². The second-order valence-corrected chi connectivity index (χ2v) is 4.42. The average Bonchev–Trinajstić information content (AvgIpc) is 2.45. The minimum Gasteiger partial charge on any atom is -0.488 e. The maximum Gasteiger partial charge on any atom is 0.125 e. The molecule has 0 spiro atoms. The lowest BCUT2D eigenvalue weighted by atomic mass is 10.1. The van der Waals surface area contributed by atoms with E-state index < -0.39 is 11.9 Å². The number of rotatable bonds is 4. The van der Waals surface area contributed by atoms with Gasteiger partial charge in [0.15, 0.2) is 0 Å². The lowest BCUT2D eigenvalue weighted by Gasteiger charge is -2.13. The number of aliphatic hydroxyl groups excluding tert-OH is 1. The minimum atomic E-state index is -0.658. The molecule has 20 heavy (non-hydrogen) atoms. The fourth-order valence-corrected chi connectivity index (χ4v) is 1.90. The smallest absolute Gasteiger partial charge is 0.125 e. The minimum absolute atomic E-state index is 0.0738. The molecule has 0 unspecified atom stereocenters. The van der Waals surface area contributed by atoms with Crippen molar-refractivity contribution >= 4 is 0 Å². The third-order valence-electron chi connectivity index (χ3n) is 2.94. The molecule has 0 saturated heterocycles. The Bertz CT molecular complexity index is 647. The average molecular weight is 271 g/mol. The molecule has 0 aliphatic rings. The van der Waals surface area contributed by atoms with Crippen LogP contribution in [0.3, 0.4) is 0 Å². The Morgan fingerprint density at radius 2 is 2.05 bits per heavy atom. The van der Waals surface area contributed by atoms with E-state index in [1.165, 1.54) is 18.2 Å². The van der Waals surface area contributed by atoms with E-state index in [0.29, 0.717) is 22.4 Å². The largest absolute Gasteiger partial charge is 0.488 e. The summed E-state index contributed by atoms with van der Waals surface area (Å²) in [6.07, 6.45) is -0.658. The first kappa shape index (κ1) is 14.0. The van der Waals surface area contributed by atoms with Gasteiger partial charge in [0.2, 0.25) is 0 Å². The van der Waals surface area contributed by atoms with Gasteiger partial charge in [0.1, 0.15) is 18.2 Å².